The second-order valence-electron chi connectivity index (χ2n) is 7.46. The molecule has 0 rings (SSSR count). The van der Waals surface area contributed by atoms with E-state index in [-0.39, 0.29) is 71.5 Å². The predicted molar refractivity (Wildman–Crippen MR) is 94.4 cm³/mol. The minimum atomic E-state index is -5.24. The van der Waals surface area contributed by atoms with Gasteiger partial charge in [-0.3, -0.25) is 4.55 Å². The van der Waals surface area contributed by atoms with Crippen LogP contribution in [0.25, 0.3) is 0 Å². The molecule has 7 nitrogen and oxygen atoms in total. The van der Waals surface area contributed by atoms with E-state index < -0.39 is 45.1 Å². The molecule has 0 aromatic rings. The summed E-state index contributed by atoms with van der Waals surface area (Å²) in [7, 11) is -5.24. The molecule has 0 aliphatic heterocycles. The van der Waals surface area contributed by atoms with Crippen LogP contribution in [0, 0.1) is 17.8 Å². The Kier molecular flexibility index (Phi) is 18.7. The summed E-state index contributed by atoms with van der Waals surface area (Å²) in [6.07, 6.45) is 3.65. The van der Waals surface area contributed by atoms with Crippen LogP contribution < -0.4 is 69.3 Å². The van der Waals surface area contributed by atoms with E-state index in [1.807, 2.05) is 13.8 Å². The molecule has 0 fully saturated rings. The van der Waals surface area contributed by atoms with Crippen molar-refractivity contribution in [3.8, 4) is 0 Å². The van der Waals surface area contributed by atoms with Crippen LogP contribution in [0.3, 0.4) is 0 Å². The molecule has 0 aliphatic rings. The van der Waals surface area contributed by atoms with Gasteiger partial charge in [-0.2, -0.15) is 8.42 Å². The fourth-order valence-electron chi connectivity index (χ4n) is 3.48. The summed E-state index contributed by atoms with van der Waals surface area (Å²) in [5.74, 6) is -6.40. The van der Waals surface area contributed by atoms with Crippen molar-refractivity contribution in [2.75, 3.05) is 0 Å². The third kappa shape index (κ3) is 9.77. The average molecular weight is 438 g/mol. The summed E-state index contributed by atoms with van der Waals surface area (Å²) in [6.45, 7) is 7.27. The van der Waals surface area contributed by atoms with E-state index in [4.69, 9.17) is 0 Å². The van der Waals surface area contributed by atoms with Gasteiger partial charge < -0.3 is 19.8 Å². The van der Waals surface area contributed by atoms with Crippen molar-refractivity contribution >= 4 is 22.1 Å². The van der Waals surface area contributed by atoms with Crippen LogP contribution in [-0.4, -0.2) is 29.7 Å². The number of carbonyl (C=O) groups excluding carboxylic acids is 2. The quantitative estimate of drug-likeness (QED) is 0.212. The van der Waals surface area contributed by atoms with E-state index in [1.54, 1.807) is 13.8 Å². The molecule has 0 saturated heterocycles. The largest absolute Gasteiger partial charge is 1.00 e. The van der Waals surface area contributed by atoms with Gasteiger partial charge in [0.25, 0.3) is 10.1 Å². The normalized spacial score (nSPS) is 16.6. The van der Waals surface area contributed by atoms with Crippen molar-refractivity contribution in [2.45, 2.75) is 83.8 Å². The fourth-order valence-corrected chi connectivity index (χ4v) is 4.74. The Morgan fingerprint density at radius 2 is 1.39 bits per heavy atom. The van der Waals surface area contributed by atoms with Crippen LogP contribution >= 0.6 is 0 Å². The number of rotatable bonds is 14. The van der Waals surface area contributed by atoms with Crippen molar-refractivity contribution in [3.05, 3.63) is 0 Å². The Bertz CT molecular complexity index is 568. The first-order valence-electron chi connectivity index (χ1n) is 9.33. The molecule has 0 bridgehead atoms. The fraction of sp³-hybridized carbons (Fsp3) is 0.889. The van der Waals surface area contributed by atoms with Crippen molar-refractivity contribution in [2.24, 2.45) is 17.8 Å². The minimum absolute atomic E-state index is 0. The second-order valence-corrected chi connectivity index (χ2v) is 9.14. The maximum atomic E-state index is 12.1. The molecule has 0 heterocycles. The standard InChI is InChI=1S/C18H34O7S.2Na/c1-5-7-9-13(3)11-15(16(19)20)18(17(21)22,26(23,24)25)12-14(4)10-8-6-2;;/h13-15H,5-12H2,1-4H3,(H,19,20)(H,21,22)(H,23,24,25);;/q;2*+1/p-2. The molecule has 28 heavy (non-hydrogen) atoms. The van der Waals surface area contributed by atoms with E-state index >= 15 is 0 Å². The topological polar surface area (TPSA) is 135 Å². The Hall–Kier alpha value is 0.850. The molecule has 0 radical (unpaired) electrons. The van der Waals surface area contributed by atoms with Crippen LogP contribution in [0.5, 0.6) is 0 Å². The summed E-state index contributed by atoms with van der Waals surface area (Å²) in [4.78, 5) is 23.6. The molecule has 4 atom stereocenters. The number of aliphatic carboxylic acids is 2. The molecular formula is C18H32Na2O7S. The second kappa shape index (κ2) is 15.6. The molecule has 0 aromatic carbocycles. The van der Waals surface area contributed by atoms with E-state index in [0.717, 1.165) is 25.7 Å². The van der Waals surface area contributed by atoms with Gasteiger partial charge in [0, 0.05) is 11.9 Å². The number of hydrogen-bond donors (Lipinski definition) is 1. The number of carboxylic acids is 2. The average Bonchev–Trinajstić information content (AvgIpc) is 2.52. The van der Waals surface area contributed by atoms with E-state index in [2.05, 4.69) is 0 Å². The van der Waals surface area contributed by atoms with E-state index in [0.29, 0.717) is 12.8 Å². The molecule has 0 amide bonds. The summed E-state index contributed by atoms with van der Waals surface area (Å²) in [5, 5.41) is 23.6. The van der Waals surface area contributed by atoms with Crippen molar-refractivity contribution in [1.29, 1.82) is 0 Å². The van der Waals surface area contributed by atoms with E-state index in [1.165, 1.54) is 0 Å². The Balaban J connectivity index is -0.00000312. The first-order valence-corrected chi connectivity index (χ1v) is 10.8. The minimum Gasteiger partial charge on any atom is -0.550 e. The maximum absolute atomic E-state index is 12.1. The summed E-state index contributed by atoms with van der Waals surface area (Å²) < 4.78 is 31.0. The molecule has 0 aromatic heterocycles. The molecule has 154 valence electrons. The van der Waals surface area contributed by atoms with Gasteiger partial charge in [0.05, 0.1) is 5.97 Å². The van der Waals surface area contributed by atoms with Gasteiger partial charge >= 0.3 is 59.1 Å². The van der Waals surface area contributed by atoms with Gasteiger partial charge in [0.15, 0.2) is 0 Å². The Labute approximate surface area is 213 Å². The van der Waals surface area contributed by atoms with Crippen LogP contribution in [0.4, 0.5) is 0 Å². The summed E-state index contributed by atoms with van der Waals surface area (Å²) >= 11 is 0. The van der Waals surface area contributed by atoms with Gasteiger partial charge in [-0.05, 0) is 24.7 Å². The van der Waals surface area contributed by atoms with Gasteiger partial charge in [-0.1, -0.05) is 66.2 Å². The Morgan fingerprint density at radius 1 is 0.964 bits per heavy atom. The first kappa shape index (κ1) is 33.5. The van der Waals surface area contributed by atoms with Crippen molar-refractivity contribution in [3.63, 3.8) is 0 Å². The van der Waals surface area contributed by atoms with Gasteiger partial charge in [0.1, 0.15) is 4.75 Å². The first-order chi connectivity index (χ1) is 11.9. The van der Waals surface area contributed by atoms with Gasteiger partial charge in [0.2, 0.25) is 0 Å². The number of unbranched alkanes of at least 4 members (excludes halogenated alkanes) is 2. The van der Waals surface area contributed by atoms with Crippen molar-refractivity contribution in [1.82, 2.24) is 0 Å². The molecular weight excluding hydrogens is 406 g/mol. The van der Waals surface area contributed by atoms with Gasteiger partial charge in [-0.25, -0.2) is 0 Å². The zero-order valence-corrected chi connectivity index (χ0v) is 23.0. The maximum Gasteiger partial charge on any atom is 1.00 e. The van der Waals surface area contributed by atoms with Gasteiger partial charge in [-0.15, -0.1) is 0 Å². The third-order valence-corrected chi connectivity index (χ3v) is 6.58. The number of hydrogen-bond acceptors (Lipinski definition) is 6. The third-order valence-electron chi connectivity index (χ3n) is 5.04. The molecule has 10 heteroatoms. The van der Waals surface area contributed by atoms with E-state index in [9.17, 15) is 32.8 Å². The van der Waals surface area contributed by atoms with Crippen LogP contribution in [0.15, 0.2) is 0 Å². The molecule has 0 saturated carbocycles. The number of carboxylic acid groups (broad SMARTS) is 2. The van der Waals surface area contributed by atoms with Crippen LogP contribution in [0.1, 0.15) is 79.1 Å². The SMILES string of the molecule is CCCCC(C)CC(C(=O)[O-])C(CC(C)CCCC)(C(=O)[O-])S(=O)(=O)O.[Na+].[Na+]. The molecule has 4 unspecified atom stereocenters. The smallest absolute Gasteiger partial charge is 0.550 e. The predicted octanol–water partition coefficient (Wildman–Crippen LogP) is -4.83. The summed E-state index contributed by atoms with van der Waals surface area (Å²) in [6, 6.07) is 0. The molecule has 0 aliphatic carbocycles. The number of carbonyl (C=O) groups is 2. The zero-order valence-electron chi connectivity index (χ0n) is 18.2. The summed E-state index contributed by atoms with van der Waals surface area (Å²) in [5.41, 5.74) is 0. The van der Waals surface area contributed by atoms with Crippen LogP contribution in [0.2, 0.25) is 0 Å². The molecule has 0 spiro atoms. The Morgan fingerprint density at radius 3 is 1.71 bits per heavy atom. The monoisotopic (exact) mass is 438 g/mol. The van der Waals surface area contributed by atoms with Crippen molar-refractivity contribution < 1.29 is 91.9 Å². The molecule has 1 N–H and O–H groups in total. The van der Waals surface area contributed by atoms with Crippen LogP contribution in [-0.2, 0) is 19.7 Å². The zero-order chi connectivity index (χ0) is 20.5.